The quantitative estimate of drug-likeness (QED) is 0.105. The molecule has 0 aliphatic carbocycles. The molecule has 0 amide bonds. The fourth-order valence-corrected chi connectivity index (χ4v) is 7.36. The number of rotatable bonds is 12. The zero-order chi connectivity index (χ0) is 34.6. The van der Waals surface area contributed by atoms with Crippen LogP contribution in [0.1, 0.15) is 60.5 Å². The van der Waals surface area contributed by atoms with Gasteiger partial charge in [-0.2, -0.15) is 4.63 Å². The average molecular weight is 670 g/mol. The standard InChI is InChI=1S/C43H40N8/c1-3-16-37-30-41-44-40(17-4-2)46-51(41)49(37)31-32-26-28-33(29-27-32)38-24-14-15-25-39(38)42-45-47-48-50(42)43(34-18-8-5-9-19-34,35-20-10-6-11-21-35)36-22-12-7-13-23-36/h5-15,18-30H,3-4,16-17,31H2,1-2H3/p+1. The Morgan fingerprint density at radius 1 is 0.647 bits per heavy atom. The van der Waals surface area contributed by atoms with E-state index in [1.165, 1.54) is 11.3 Å². The number of nitrogens with one attached hydrogen (secondary N) is 1. The number of benzene rings is 5. The molecule has 8 rings (SSSR count). The van der Waals surface area contributed by atoms with Crippen molar-refractivity contribution in [3.8, 4) is 22.5 Å². The van der Waals surface area contributed by atoms with Crippen LogP contribution >= 0.6 is 0 Å². The van der Waals surface area contributed by atoms with Gasteiger partial charge in [-0.3, -0.25) is 4.68 Å². The summed E-state index contributed by atoms with van der Waals surface area (Å²) in [6.07, 6.45) is 3.95. The van der Waals surface area contributed by atoms with Crippen LogP contribution in [-0.4, -0.2) is 34.9 Å². The van der Waals surface area contributed by atoms with E-state index in [9.17, 15) is 0 Å². The molecule has 51 heavy (non-hydrogen) atoms. The van der Waals surface area contributed by atoms with Crippen molar-refractivity contribution in [3.63, 3.8) is 0 Å². The van der Waals surface area contributed by atoms with Crippen molar-refractivity contribution < 1.29 is 4.68 Å². The van der Waals surface area contributed by atoms with E-state index < -0.39 is 5.54 Å². The Labute approximate surface area is 298 Å². The Bertz CT molecular complexity index is 2260. The van der Waals surface area contributed by atoms with Gasteiger partial charge < -0.3 is 0 Å². The molecule has 0 saturated heterocycles. The van der Waals surface area contributed by atoms with Gasteiger partial charge in [0.25, 0.3) is 0 Å². The Hall–Kier alpha value is -6.15. The molecule has 0 aliphatic heterocycles. The summed E-state index contributed by atoms with van der Waals surface area (Å²) in [6, 6.07) is 51.3. The molecule has 8 aromatic rings. The van der Waals surface area contributed by atoms with Crippen LogP contribution in [0.15, 0.2) is 146 Å². The molecule has 3 heterocycles. The highest BCUT2D eigenvalue weighted by atomic mass is 15.6. The lowest BCUT2D eigenvalue weighted by Gasteiger charge is -2.33. The molecule has 0 spiro atoms. The third-order valence-electron chi connectivity index (χ3n) is 9.67. The number of tetrazole rings is 1. The zero-order valence-corrected chi connectivity index (χ0v) is 29.0. The van der Waals surface area contributed by atoms with Crippen molar-refractivity contribution in [2.75, 3.05) is 0 Å². The van der Waals surface area contributed by atoms with Gasteiger partial charge in [0.05, 0.1) is 12.1 Å². The number of nitrogens with zero attached hydrogens (tertiary/aromatic N) is 7. The van der Waals surface area contributed by atoms with Crippen molar-refractivity contribution in [1.82, 2.24) is 34.9 Å². The lowest BCUT2D eigenvalue weighted by molar-refractivity contribution is -0.779. The highest BCUT2D eigenvalue weighted by Gasteiger charge is 2.46. The summed E-state index contributed by atoms with van der Waals surface area (Å²) in [6.45, 7) is 5.09. The molecule has 0 unspecified atom stereocenters. The number of fused-ring (bicyclic) bond motifs is 1. The minimum absolute atomic E-state index is 0.715. The minimum Gasteiger partial charge on any atom is -0.263 e. The van der Waals surface area contributed by atoms with Gasteiger partial charge in [-0.15, -0.1) is 9.78 Å². The highest BCUT2D eigenvalue weighted by Crippen LogP contribution is 2.38. The molecule has 252 valence electrons. The molecule has 0 aliphatic rings. The third kappa shape index (κ3) is 5.82. The average Bonchev–Trinajstić information content (AvgIpc) is 3.91. The van der Waals surface area contributed by atoms with E-state index in [0.717, 1.165) is 76.4 Å². The van der Waals surface area contributed by atoms with Crippen LogP contribution in [0, 0.1) is 0 Å². The second-order valence-electron chi connectivity index (χ2n) is 13.0. The van der Waals surface area contributed by atoms with Crippen LogP contribution in [0.5, 0.6) is 0 Å². The van der Waals surface area contributed by atoms with Gasteiger partial charge in [0.2, 0.25) is 0 Å². The number of aromatic nitrogens is 8. The predicted molar refractivity (Wildman–Crippen MR) is 200 cm³/mol. The first-order valence-electron chi connectivity index (χ1n) is 17.8. The van der Waals surface area contributed by atoms with E-state index in [2.05, 4.69) is 179 Å². The molecular weight excluding hydrogens is 629 g/mol. The molecule has 8 nitrogen and oxygen atoms in total. The summed E-state index contributed by atoms with van der Waals surface area (Å²) in [5.74, 6) is 1.64. The number of hydrogen-bond donors (Lipinski definition) is 1. The summed E-state index contributed by atoms with van der Waals surface area (Å²) < 4.78 is 6.38. The lowest BCUT2D eigenvalue weighted by Crippen LogP contribution is -2.61. The Balaban J connectivity index is 1.22. The van der Waals surface area contributed by atoms with E-state index in [0.29, 0.717) is 6.54 Å². The molecule has 8 heteroatoms. The van der Waals surface area contributed by atoms with Crippen LogP contribution in [0.2, 0.25) is 0 Å². The number of hydrogen-bond acceptors (Lipinski definition) is 4. The molecule has 0 saturated carbocycles. The van der Waals surface area contributed by atoms with Gasteiger partial charge in [-0.05, 0) is 35.6 Å². The van der Waals surface area contributed by atoms with Crippen LogP contribution in [0.4, 0.5) is 0 Å². The fraction of sp³-hybridized carbons (Fsp3) is 0.186. The second-order valence-corrected chi connectivity index (χ2v) is 13.0. The van der Waals surface area contributed by atoms with E-state index in [-0.39, 0.29) is 0 Å². The molecule has 0 radical (unpaired) electrons. The van der Waals surface area contributed by atoms with E-state index in [4.69, 9.17) is 15.2 Å². The van der Waals surface area contributed by atoms with Crippen molar-refractivity contribution in [1.29, 1.82) is 0 Å². The SMILES string of the molecule is CCCc1nc2cc(CCC)n(Cc3ccc(-c4ccccc4-c4nn[nH][n+]4C(c4ccccc4)(c4ccccc4)c4ccccc4)cc3)n2n1. The Morgan fingerprint density at radius 3 is 1.80 bits per heavy atom. The number of aryl methyl sites for hydroxylation is 2. The van der Waals surface area contributed by atoms with Gasteiger partial charge in [-0.25, -0.2) is 4.98 Å². The fourth-order valence-electron chi connectivity index (χ4n) is 7.36. The summed E-state index contributed by atoms with van der Waals surface area (Å²) in [7, 11) is 0. The second kappa shape index (κ2) is 14.0. The van der Waals surface area contributed by atoms with Crippen molar-refractivity contribution in [2.45, 2.75) is 51.6 Å². The Morgan fingerprint density at radius 2 is 1.22 bits per heavy atom. The predicted octanol–water partition coefficient (Wildman–Crippen LogP) is 8.06. The van der Waals surface area contributed by atoms with Crippen LogP contribution in [0.25, 0.3) is 28.2 Å². The van der Waals surface area contributed by atoms with Crippen LogP contribution < -0.4 is 4.68 Å². The maximum Gasteiger partial charge on any atom is 0.334 e. The molecule has 0 fully saturated rings. The lowest BCUT2D eigenvalue weighted by atomic mass is 9.77. The monoisotopic (exact) mass is 669 g/mol. The van der Waals surface area contributed by atoms with E-state index in [1.807, 2.05) is 4.63 Å². The van der Waals surface area contributed by atoms with E-state index in [1.54, 1.807) is 0 Å². The first-order valence-corrected chi connectivity index (χ1v) is 17.8. The van der Waals surface area contributed by atoms with Gasteiger partial charge in [-0.1, -0.05) is 159 Å². The number of H-pyrrole nitrogens is 1. The molecule has 5 aromatic carbocycles. The summed E-state index contributed by atoms with van der Waals surface area (Å²) >= 11 is 0. The first kappa shape index (κ1) is 32.1. The van der Waals surface area contributed by atoms with Gasteiger partial charge in [0.1, 0.15) is 5.10 Å². The topological polar surface area (TPSA) is 80.6 Å². The maximum atomic E-state index is 4.85. The summed E-state index contributed by atoms with van der Waals surface area (Å²) in [4.78, 5) is 4.79. The smallest absolute Gasteiger partial charge is 0.263 e. The van der Waals surface area contributed by atoms with Crippen molar-refractivity contribution in [2.24, 2.45) is 0 Å². The molecule has 0 atom stereocenters. The minimum atomic E-state index is -0.782. The summed E-state index contributed by atoms with van der Waals surface area (Å²) in [5.41, 5.74) is 9.03. The molecule has 3 aromatic heterocycles. The third-order valence-corrected chi connectivity index (χ3v) is 9.67. The maximum absolute atomic E-state index is 4.85. The van der Waals surface area contributed by atoms with Crippen LogP contribution in [0.3, 0.4) is 0 Å². The molecule has 1 N–H and O–H groups in total. The summed E-state index contributed by atoms with van der Waals surface area (Å²) in [5, 5.41) is 17.4. The van der Waals surface area contributed by atoms with E-state index >= 15 is 0 Å². The van der Waals surface area contributed by atoms with Crippen LogP contribution in [-0.2, 0) is 24.9 Å². The highest BCUT2D eigenvalue weighted by molar-refractivity contribution is 5.79. The molecule has 0 bridgehead atoms. The van der Waals surface area contributed by atoms with Gasteiger partial charge in [0.15, 0.2) is 22.2 Å². The largest absolute Gasteiger partial charge is 0.334 e. The zero-order valence-electron chi connectivity index (χ0n) is 29.0. The van der Waals surface area contributed by atoms with Crippen molar-refractivity contribution >= 4 is 5.65 Å². The normalized spacial score (nSPS) is 11.7. The number of aromatic amines is 1. The molecular formula is C43H41N8+. The van der Waals surface area contributed by atoms with Crippen molar-refractivity contribution in [3.05, 3.63) is 179 Å². The van der Waals surface area contributed by atoms with Gasteiger partial charge >= 0.3 is 5.82 Å². The van der Waals surface area contributed by atoms with Gasteiger partial charge in [0, 0.05) is 34.9 Å². The first-order chi connectivity index (χ1) is 25.2. The Kier molecular flexibility index (Phi) is 8.80.